The Balaban J connectivity index is 1.92. The number of rotatable bonds is 5. The van der Waals surface area contributed by atoms with Gasteiger partial charge in [-0.05, 0) is 36.4 Å². The molecule has 0 unspecified atom stereocenters. The van der Waals surface area contributed by atoms with E-state index in [4.69, 9.17) is 16.3 Å². The lowest BCUT2D eigenvalue weighted by Gasteiger charge is -2.16. The molecule has 2 heterocycles. The Bertz CT molecular complexity index is 1010. The molecule has 0 saturated heterocycles. The molecule has 0 bridgehead atoms. The number of carbonyl (C=O) groups excluding carboxylic acids is 1. The van der Waals surface area contributed by atoms with E-state index >= 15 is 0 Å². The number of benzene rings is 1. The van der Waals surface area contributed by atoms with E-state index in [1.165, 1.54) is 31.5 Å². The van der Waals surface area contributed by atoms with Crippen molar-refractivity contribution in [2.24, 2.45) is 0 Å². The number of halogens is 4. The number of amides is 1. The molecule has 1 aromatic carbocycles. The van der Waals surface area contributed by atoms with Gasteiger partial charge in [0.25, 0.3) is 5.91 Å². The van der Waals surface area contributed by atoms with Crippen LogP contribution in [-0.2, 0) is 6.18 Å². The average molecular weight is 424 g/mol. The molecule has 0 atom stereocenters. The van der Waals surface area contributed by atoms with Crippen LogP contribution in [0.3, 0.4) is 0 Å². The summed E-state index contributed by atoms with van der Waals surface area (Å²) in [5, 5.41) is 12.6. The molecular formula is C18H13ClF3N5O2. The molecule has 7 nitrogen and oxygen atoms in total. The lowest BCUT2D eigenvalue weighted by molar-refractivity contribution is -0.137. The van der Waals surface area contributed by atoms with Crippen LogP contribution in [0.1, 0.15) is 16.1 Å². The monoisotopic (exact) mass is 423 g/mol. The zero-order valence-electron chi connectivity index (χ0n) is 14.8. The number of methoxy groups -OCH3 is 1. The predicted molar refractivity (Wildman–Crippen MR) is 101 cm³/mol. The Labute approximate surface area is 167 Å². The highest BCUT2D eigenvalue weighted by molar-refractivity contribution is 6.29. The van der Waals surface area contributed by atoms with Gasteiger partial charge >= 0.3 is 6.18 Å². The van der Waals surface area contributed by atoms with Crippen LogP contribution in [0.2, 0.25) is 5.15 Å². The van der Waals surface area contributed by atoms with Gasteiger partial charge in [-0.1, -0.05) is 11.6 Å². The molecule has 0 saturated carbocycles. The summed E-state index contributed by atoms with van der Waals surface area (Å²) in [7, 11) is 1.46. The Morgan fingerprint density at radius 2 is 1.86 bits per heavy atom. The Morgan fingerprint density at radius 1 is 1.07 bits per heavy atom. The number of anilines is 3. The van der Waals surface area contributed by atoms with Crippen LogP contribution < -0.4 is 15.4 Å². The summed E-state index contributed by atoms with van der Waals surface area (Å²) in [6.45, 7) is 0. The van der Waals surface area contributed by atoms with Crippen molar-refractivity contribution in [3.63, 3.8) is 0 Å². The van der Waals surface area contributed by atoms with E-state index < -0.39 is 17.6 Å². The number of nitrogens with zero attached hydrogens (tertiary/aromatic N) is 3. The number of carbonyl (C=O) groups is 1. The smallest absolute Gasteiger partial charge is 0.416 e. The summed E-state index contributed by atoms with van der Waals surface area (Å²) in [5.41, 5.74) is -0.428. The van der Waals surface area contributed by atoms with Gasteiger partial charge in [0.1, 0.15) is 0 Å². The third-order valence-electron chi connectivity index (χ3n) is 3.68. The zero-order chi connectivity index (χ0) is 21.0. The van der Waals surface area contributed by atoms with E-state index in [9.17, 15) is 18.0 Å². The lowest BCUT2D eigenvalue weighted by Crippen LogP contribution is -2.16. The van der Waals surface area contributed by atoms with Crippen LogP contribution >= 0.6 is 11.6 Å². The molecule has 0 aliphatic rings. The first kappa shape index (κ1) is 20.3. The second-order valence-electron chi connectivity index (χ2n) is 5.67. The predicted octanol–water partition coefficient (Wildman–Crippen LogP) is 4.55. The highest BCUT2D eigenvalue weighted by Gasteiger charge is 2.31. The van der Waals surface area contributed by atoms with Crippen LogP contribution in [0.25, 0.3) is 0 Å². The van der Waals surface area contributed by atoms with Crippen molar-refractivity contribution < 1.29 is 22.7 Å². The fraction of sp³-hybridized carbons (Fsp3) is 0.111. The maximum Gasteiger partial charge on any atom is 0.416 e. The molecule has 3 aromatic rings. The van der Waals surface area contributed by atoms with Gasteiger partial charge in [-0.3, -0.25) is 4.79 Å². The number of aromatic nitrogens is 3. The Hall–Kier alpha value is -3.40. The molecule has 0 aliphatic heterocycles. The molecule has 29 heavy (non-hydrogen) atoms. The van der Waals surface area contributed by atoms with E-state index in [1.807, 2.05) is 0 Å². The highest BCUT2D eigenvalue weighted by Crippen LogP contribution is 2.35. The minimum atomic E-state index is -4.58. The summed E-state index contributed by atoms with van der Waals surface area (Å²) in [6, 6.07) is 8.78. The lowest BCUT2D eigenvalue weighted by atomic mass is 10.1. The van der Waals surface area contributed by atoms with Gasteiger partial charge in [0, 0.05) is 6.07 Å². The van der Waals surface area contributed by atoms with E-state index in [0.29, 0.717) is 11.6 Å². The maximum atomic E-state index is 13.1. The number of alkyl halides is 3. The third kappa shape index (κ3) is 5.11. The number of hydrogen-bond donors (Lipinski definition) is 2. The van der Waals surface area contributed by atoms with E-state index in [2.05, 4.69) is 25.8 Å². The molecule has 1 amide bonds. The summed E-state index contributed by atoms with van der Waals surface area (Å²) in [6.07, 6.45) is -3.15. The number of ether oxygens (including phenoxy) is 1. The van der Waals surface area contributed by atoms with Crippen molar-refractivity contribution in [3.8, 4) is 5.88 Å². The molecule has 0 fully saturated rings. The van der Waals surface area contributed by atoms with Crippen LogP contribution in [-0.4, -0.2) is 28.2 Å². The Kier molecular flexibility index (Phi) is 5.83. The van der Waals surface area contributed by atoms with Crippen molar-refractivity contribution in [1.82, 2.24) is 15.2 Å². The quantitative estimate of drug-likeness (QED) is 0.626. The topological polar surface area (TPSA) is 89.0 Å². The molecule has 3 rings (SSSR count). The summed E-state index contributed by atoms with van der Waals surface area (Å²) >= 11 is 5.63. The van der Waals surface area contributed by atoms with E-state index in [0.717, 1.165) is 12.1 Å². The summed E-state index contributed by atoms with van der Waals surface area (Å²) < 4.78 is 44.3. The van der Waals surface area contributed by atoms with Gasteiger partial charge in [-0.2, -0.15) is 13.2 Å². The largest absolute Gasteiger partial charge is 0.481 e. The molecule has 0 aliphatic carbocycles. The molecule has 11 heteroatoms. The number of nitrogens with one attached hydrogen (secondary N) is 2. The summed E-state index contributed by atoms with van der Waals surface area (Å²) in [4.78, 5) is 16.4. The van der Waals surface area contributed by atoms with Gasteiger partial charge in [0.15, 0.2) is 10.8 Å². The van der Waals surface area contributed by atoms with Crippen molar-refractivity contribution in [1.29, 1.82) is 0 Å². The van der Waals surface area contributed by atoms with Crippen molar-refractivity contribution >= 4 is 34.6 Å². The van der Waals surface area contributed by atoms with Crippen LogP contribution in [0.5, 0.6) is 5.88 Å². The standard InChI is InChI=1S/C18H13ClF3N5O2/c1-29-16-7-3-11(9-23-16)24-12-4-2-10(18(20,21)22)8-14(12)25-17(28)13-5-6-15(19)27-26-13/h2-9,24H,1H3,(H,25,28). The second kappa shape index (κ2) is 8.31. The molecule has 0 radical (unpaired) electrons. The van der Waals surface area contributed by atoms with Crippen LogP contribution in [0, 0.1) is 0 Å². The van der Waals surface area contributed by atoms with E-state index in [-0.39, 0.29) is 22.2 Å². The van der Waals surface area contributed by atoms with Gasteiger partial charge in [0.05, 0.1) is 35.9 Å². The molecule has 0 spiro atoms. The average Bonchev–Trinajstić information content (AvgIpc) is 2.69. The van der Waals surface area contributed by atoms with Crippen molar-refractivity contribution in [2.75, 3.05) is 17.7 Å². The zero-order valence-corrected chi connectivity index (χ0v) is 15.5. The third-order valence-corrected chi connectivity index (χ3v) is 3.89. The SMILES string of the molecule is COc1ccc(Nc2ccc(C(F)(F)F)cc2NC(=O)c2ccc(Cl)nn2)cn1. The maximum absolute atomic E-state index is 13.1. The van der Waals surface area contributed by atoms with Crippen molar-refractivity contribution in [3.05, 3.63) is 65.1 Å². The second-order valence-corrected chi connectivity index (χ2v) is 6.06. The van der Waals surface area contributed by atoms with Gasteiger partial charge in [0.2, 0.25) is 5.88 Å². The van der Waals surface area contributed by atoms with Crippen LogP contribution in [0.4, 0.5) is 30.2 Å². The fourth-order valence-electron chi connectivity index (χ4n) is 2.29. The fourth-order valence-corrected chi connectivity index (χ4v) is 2.39. The highest BCUT2D eigenvalue weighted by atomic mass is 35.5. The van der Waals surface area contributed by atoms with Crippen LogP contribution in [0.15, 0.2) is 48.7 Å². The first-order valence-corrected chi connectivity index (χ1v) is 8.43. The Morgan fingerprint density at radius 3 is 2.45 bits per heavy atom. The first-order valence-electron chi connectivity index (χ1n) is 8.05. The number of hydrogen-bond acceptors (Lipinski definition) is 6. The van der Waals surface area contributed by atoms with Crippen molar-refractivity contribution in [2.45, 2.75) is 6.18 Å². The summed E-state index contributed by atoms with van der Waals surface area (Å²) in [5.74, 6) is -0.373. The molecular weight excluding hydrogens is 411 g/mol. The van der Waals surface area contributed by atoms with Gasteiger partial charge in [-0.15, -0.1) is 10.2 Å². The minimum absolute atomic E-state index is 0.0787. The molecule has 2 N–H and O–H groups in total. The van der Waals surface area contributed by atoms with Gasteiger partial charge < -0.3 is 15.4 Å². The van der Waals surface area contributed by atoms with Gasteiger partial charge in [-0.25, -0.2) is 4.98 Å². The first-order chi connectivity index (χ1) is 13.8. The van der Waals surface area contributed by atoms with E-state index in [1.54, 1.807) is 12.1 Å². The molecule has 2 aromatic heterocycles. The molecule has 150 valence electrons. The normalized spacial score (nSPS) is 11.1. The minimum Gasteiger partial charge on any atom is -0.481 e. The number of pyridine rings is 1.